The number of likely N-dealkylation sites (N-methyl/N-ethyl adjacent to an activating group) is 1. The van der Waals surface area contributed by atoms with Gasteiger partial charge in [0.05, 0.1) is 19.3 Å². The van der Waals surface area contributed by atoms with Crippen molar-refractivity contribution in [1.29, 1.82) is 0 Å². The maximum absolute atomic E-state index is 12.9. The number of carbonyl (C=O) groups excluding carboxylic acids is 1. The van der Waals surface area contributed by atoms with Gasteiger partial charge in [0.2, 0.25) is 5.91 Å². The molecular formula is C19H30N2O3. The van der Waals surface area contributed by atoms with Gasteiger partial charge < -0.3 is 15.1 Å². The van der Waals surface area contributed by atoms with Crippen molar-refractivity contribution in [2.45, 2.75) is 38.8 Å². The van der Waals surface area contributed by atoms with Gasteiger partial charge in [0, 0.05) is 25.6 Å². The molecule has 24 heavy (non-hydrogen) atoms. The van der Waals surface area contributed by atoms with E-state index < -0.39 is 5.41 Å². The Balaban J connectivity index is 2.04. The SMILES string of the molecule is CN(CC(C)(CO)CO)C(=O)C1CCCCN1Cc1ccccc1. The van der Waals surface area contributed by atoms with Gasteiger partial charge in [-0.25, -0.2) is 0 Å². The minimum Gasteiger partial charge on any atom is -0.396 e. The normalized spacial score (nSPS) is 19.2. The lowest BCUT2D eigenvalue weighted by atomic mass is 9.91. The predicted octanol–water partition coefficient (Wildman–Crippen LogP) is 1.49. The van der Waals surface area contributed by atoms with E-state index in [0.29, 0.717) is 6.54 Å². The topological polar surface area (TPSA) is 64.0 Å². The van der Waals surface area contributed by atoms with Crippen molar-refractivity contribution in [2.24, 2.45) is 5.41 Å². The maximum Gasteiger partial charge on any atom is 0.239 e. The molecule has 5 nitrogen and oxygen atoms in total. The highest BCUT2D eigenvalue weighted by Crippen LogP contribution is 2.23. The molecule has 1 heterocycles. The van der Waals surface area contributed by atoms with Crippen molar-refractivity contribution in [2.75, 3.05) is 33.4 Å². The van der Waals surface area contributed by atoms with Crippen LogP contribution in [0.15, 0.2) is 30.3 Å². The molecular weight excluding hydrogens is 304 g/mol. The first kappa shape index (κ1) is 18.9. The van der Waals surface area contributed by atoms with Crippen LogP contribution >= 0.6 is 0 Å². The van der Waals surface area contributed by atoms with Crippen LogP contribution in [0.5, 0.6) is 0 Å². The van der Waals surface area contributed by atoms with E-state index in [1.54, 1.807) is 18.9 Å². The third-order valence-electron chi connectivity index (χ3n) is 4.89. The maximum atomic E-state index is 12.9. The molecule has 1 atom stereocenters. The Morgan fingerprint density at radius 3 is 2.54 bits per heavy atom. The molecule has 1 fully saturated rings. The van der Waals surface area contributed by atoms with Crippen molar-refractivity contribution in [3.05, 3.63) is 35.9 Å². The Bertz CT molecular complexity index is 517. The summed E-state index contributed by atoms with van der Waals surface area (Å²) in [6.07, 6.45) is 3.04. The summed E-state index contributed by atoms with van der Waals surface area (Å²) in [5.41, 5.74) is 0.555. The summed E-state index contributed by atoms with van der Waals surface area (Å²) in [4.78, 5) is 16.9. The zero-order chi connectivity index (χ0) is 17.6. The van der Waals surface area contributed by atoms with Crippen LogP contribution < -0.4 is 0 Å². The lowest BCUT2D eigenvalue weighted by Gasteiger charge is -2.38. The molecule has 2 N–H and O–H groups in total. The summed E-state index contributed by atoms with van der Waals surface area (Å²) in [6, 6.07) is 10.1. The van der Waals surface area contributed by atoms with Crippen molar-refractivity contribution in [1.82, 2.24) is 9.80 Å². The summed E-state index contributed by atoms with van der Waals surface area (Å²) in [5.74, 6) is 0.0822. The Labute approximate surface area is 144 Å². The van der Waals surface area contributed by atoms with Gasteiger partial charge in [0.15, 0.2) is 0 Å². The number of hydrogen-bond acceptors (Lipinski definition) is 4. The molecule has 2 rings (SSSR count). The van der Waals surface area contributed by atoms with Crippen LogP contribution in [-0.4, -0.2) is 65.3 Å². The third-order valence-corrected chi connectivity index (χ3v) is 4.89. The van der Waals surface area contributed by atoms with Crippen LogP contribution in [0, 0.1) is 5.41 Å². The second-order valence-electron chi connectivity index (χ2n) is 7.29. The van der Waals surface area contributed by atoms with Crippen LogP contribution in [-0.2, 0) is 11.3 Å². The highest BCUT2D eigenvalue weighted by Gasteiger charge is 2.33. The van der Waals surface area contributed by atoms with Crippen molar-refractivity contribution < 1.29 is 15.0 Å². The standard InChI is InChI=1S/C19H30N2O3/c1-19(14-22,15-23)13-20(2)18(24)17-10-6-7-11-21(17)12-16-8-4-3-5-9-16/h3-5,8-9,17,22-23H,6-7,10-15H2,1-2H3. The number of aliphatic hydroxyl groups is 2. The molecule has 1 saturated heterocycles. The molecule has 0 radical (unpaired) electrons. The highest BCUT2D eigenvalue weighted by molar-refractivity contribution is 5.81. The Kier molecular flexibility index (Phi) is 6.78. The molecule has 1 aromatic rings. The summed E-state index contributed by atoms with van der Waals surface area (Å²) in [6.45, 7) is 3.58. The van der Waals surface area contributed by atoms with Crippen molar-refractivity contribution in [3.8, 4) is 0 Å². The molecule has 0 aromatic heterocycles. The molecule has 134 valence electrons. The van der Waals surface area contributed by atoms with E-state index in [2.05, 4.69) is 17.0 Å². The largest absolute Gasteiger partial charge is 0.396 e. The molecule has 1 aliphatic heterocycles. The molecule has 1 unspecified atom stereocenters. The van der Waals surface area contributed by atoms with Crippen molar-refractivity contribution >= 4 is 5.91 Å². The van der Waals surface area contributed by atoms with Crippen LogP contribution in [0.3, 0.4) is 0 Å². The highest BCUT2D eigenvalue weighted by atomic mass is 16.3. The lowest BCUT2D eigenvalue weighted by molar-refractivity contribution is -0.139. The van der Waals surface area contributed by atoms with E-state index in [0.717, 1.165) is 32.4 Å². The van der Waals surface area contributed by atoms with E-state index in [1.165, 1.54) is 5.56 Å². The van der Waals surface area contributed by atoms with Gasteiger partial charge in [0.25, 0.3) is 0 Å². The fourth-order valence-electron chi connectivity index (χ4n) is 3.33. The van der Waals surface area contributed by atoms with Gasteiger partial charge in [0.1, 0.15) is 0 Å². The first-order valence-corrected chi connectivity index (χ1v) is 8.74. The third kappa shape index (κ3) is 4.79. The van der Waals surface area contributed by atoms with Gasteiger partial charge in [-0.3, -0.25) is 9.69 Å². The van der Waals surface area contributed by atoms with Gasteiger partial charge in [-0.05, 0) is 24.9 Å². The van der Waals surface area contributed by atoms with Gasteiger partial charge in [-0.1, -0.05) is 43.7 Å². The molecule has 1 amide bonds. The average Bonchev–Trinajstić information content (AvgIpc) is 2.62. The molecule has 5 heteroatoms. The lowest BCUT2D eigenvalue weighted by Crippen LogP contribution is -2.52. The van der Waals surface area contributed by atoms with Crippen LogP contribution in [0.25, 0.3) is 0 Å². The zero-order valence-corrected chi connectivity index (χ0v) is 14.8. The van der Waals surface area contributed by atoms with Crippen molar-refractivity contribution in [3.63, 3.8) is 0 Å². The Hall–Kier alpha value is -1.43. The number of piperidine rings is 1. The predicted molar refractivity (Wildman–Crippen MR) is 94.4 cm³/mol. The Morgan fingerprint density at radius 2 is 1.92 bits per heavy atom. The molecule has 1 aromatic carbocycles. The first-order chi connectivity index (χ1) is 11.5. The van der Waals surface area contributed by atoms with Gasteiger partial charge in [-0.15, -0.1) is 0 Å². The Morgan fingerprint density at radius 1 is 1.25 bits per heavy atom. The number of amides is 1. The molecule has 1 aliphatic rings. The average molecular weight is 334 g/mol. The first-order valence-electron chi connectivity index (χ1n) is 8.74. The van der Waals surface area contributed by atoms with Crippen LogP contribution in [0.4, 0.5) is 0 Å². The fourth-order valence-corrected chi connectivity index (χ4v) is 3.33. The number of nitrogens with zero attached hydrogens (tertiary/aromatic N) is 2. The number of likely N-dealkylation sites (tertiary alicyclic amines) is 1. The molecule has 0 saturated carbocycles. The second-order valence-corrected chi connectivity index (χ2v) is 7.29. The summed E-state index contributed by atoms with van der Waals surface area (Å²) in [7, 11) is 1.77. The van der Waals surface area contributed by atoms with Crippen LogP contribution in [0.1, 0.15) is 31.7 Å². The fraction of sp³-hybridized carbons (Fsp3) is 0.632. The molecule has 0 spiro atoms. The molecule has 0 aliphatic carbocycles. The second kappa shape index (κ2) is 8.60. The number of hydrogen-bond donors (Lipinski definition) is 2. The number of rotatable bonds is 7. The quantitative estimate of drug-likeness (QED) is 0.793. The summed E-state index contributed by atoms with van der Waals surface area (Å²) >= 11 is 0. The summed E-state index contributed by atoms with van der Waals surface area (Å²) < 4.78 is 0. The van der Waals surface area contributed by atoms with E-state index >= 15 is 0 Å². The number of benzene rings is 1. The summed E-state index contributed by atoms with van der Waals surface area (Å²) in [5, 5.41) is 18.9. The minimum atomic E-state index is -0.663. The monoisotopic (exact) mass is 334 g/mol. The number of carbonyl (C=O) groups is 1. The van der Waals surface area contributed by atoms with E-state index in [1.807, 2.05) is 18.2 Å². The van der Waals surface area contributed by atoms with E-state index in [-0.39, 0.29) is 25.2 Å². The van der Waals surface area contributed by atoms with Gasteiger partial charge in [-0.2, -0.15) is 0 Å². The van der Waals surface area contributed by atoms with Gasteiger partial charge >= 0.3 is 0 Å². The van der Waals surface area contributed by atoms with Crippen LogP contribution in [0.2, 0.25) is 0 Å². The van der Waals surface area contributed by atoms with E-state index in [4.69, 9.17) is 0 Å². The minimum absolute atomic E-state index is 0.0822. The smallest absolute Gasteiger partial charge is 0.239 e. The van der Waals surface area contributed by atoms with E-state index in [9.17, 15) is 15.0 Å². The number of aliphatic hydroxyl groups excluding tert-OH is 2. The molecule has 0 bridgehead atoms. The zero-order valence-electron chi connectivity index (χ0n) is 14.8.